The molecule has 0 bridgehead atoms. The van der Waals surface area contributed by atoms with Gasteiger partial charge in [0, 0.05) is 56.5 Å². The topological polar surface area (TPSA) is 66.3 Å². The van der Waals surface area contributed by atoms with Crippen LogP contribution in [0.1, 0.15) is 38.6 Å². The van der Waals surface area contributed by atoms with Crippen molar-refractivity contribution in [3.05, 3.63) is 82.6 Å². The van der Waals surface area contributed by atoms with Gasteiger partial charge in [0.25, 0.3) is 5.91 Å². The van der Waals surface area contributed by atoms with Gasteiger partial charge >= 0.3 is 0 Å². The van der Waals surface area contributed by atoms with Crippen molar-refractivity contribution in [2.45, 2.75) is 33.1 Å². The molecule has 2 aromatic heterocycles. The van der Waals surface area contributed by atoms with Crippen LogP contribution < -0.4 is 10.2 Å². The van der Waals surface area contributed by atoms with Crippen LogP contribution in [0.4, 0.5) is 5.69 Å². The maximum absolute atomic E-state index is 12.2. The molecule has 6 rings (SSSR count). The Morgan fingerprint density at radius 3 is 2.62 bits per heavy atom. The number of amides is 1. The van der Waals surface area contributed by atoms with E-state index in [0.29, 0.717) is 5.69 Å². The number of nitrogens with zero attached hydrogens (tertiary/aromatic N) is 5. The lowest BCUT2D eigenvalue weighted by Gasteiger charge is -2.37. The molecule has 37 heavy (non-hydrogen) atoms. The van der Waals surface area contributed by atoms with E-state index in [0.717, 1.165) is 68.9 Å². The predicted molar refractivity (Wildman–Crippen MR) is 148 cm³/mol. The van der Waals surface area contributed by atoms with Gasteiger partial charge in [0.1, 0.15) is 12.0 Å². The first-order valence-corrected chi connectivity index (χ1v) is 13.3. The molecule has 2 aliphatic heterocycles. The molecule has 4 aromatic rings. The maximum atomic E-state index is 12.2. The predicted octanol–water partition coefficient (Wildman–Crippen LogP) is 3.86. The van der Waals surface area contributed by atoms with Crippen LogP contribution in [0.2, 0.25) is 0 Å². The van der Waals surface area contributed by atoms with Crippen molar-refractivity contribution in [2.75, 3.05) is 44.7 Å². The molecule has 1 N–H and O–H groups in total. The standard InChI is InChI=1S/C30H34N6O/c1-20-7-11-27-23(10-12-28-29(30(37)31-3)32-19-36(27)28)22(20)13-14-34-15-17-35(18-16-34)26-6-4-5-25-24(26)9-8-21(2)33-25/h4-9,11,19H,10,12-18H2,1-3H3,(H,31,37). The number of nitrogens with one attached hydrogen (secondary N) is 1. The van der Waals surface area contributed by atoms with E-state index in [1.165, 1.54) is 33.5 Å². The number of pyridine rings is 1. The van der Waals surface area contributed by atoms with Gasteiger partial charge in [-0.3, -0.25) is 14.7 Å². The van der Waals surface area contributed by atoms with Gasteiger partial charge in [-0.05, 0) is 80.1 Å². The summed E-state index contributed by atoms with van der Waals surface area (Å²) in [4.78, 5) is 26.5. The van der Waals surface area contributed by atoms with Gasteiger partial charge in [-0.15, -0.1) is 0 Å². The number of hydrogen-bond donors (Lipinski definition) is 1. The molecule has 0 radical (unpaired) electrons. The zero-order chi connectivity index (χ0) is 25.5. The summed E-state index contributed by atoms with van der Waals surface area (Å²) in [7, 11) is 1.66. The molecule has 7 heteroatoms. The average Bonchev–Trinajstić information content (AvgIpc) is 3.36. The molecular formula is C30H34N6O. The van der Waals surface area contributed by atoms with Crippen LogP contribution in [0.5, 0.6) is 0 Å². The molecule has 0 unspecified atom stereocenters. The molecule has 1 amide bonds. The fourth-order valence-corrected chi connectivity index (χ4v) is 6.02. The molecule has 0 saturated carbocycles. The number of carbonyl (C=O) groups is 1. The number of aryl methyl sites for hydroxylation is 2. The molecule has 2 aliphatic rings. The second-order valence-electron chi connectivity index (χ2n) is 10.2. The summed E-state index contributed by atoms with van der Waals surface area (Å²) < 4.78 is 2.12. The van der Waals surface area contributed by atoms with Crippen molar-refractivity contribution < 1.29 is 4.79 Å². The second kappa shape index (κ2) is 9.63. The number of benzene rings is 2. The Bertz CT molecular complexity index is 1480. The number of aromatic nitrogens is 3. The maximum Gasteiger partial charge on any atom is 0.271 e. The number of piperazine rings is 1. The van der Waals surface area contributed by atoms with E-state index in [1.54, 1.807) is 13.4 Å². The van der Waals surface area contributed by atoms with Gasteiger partial charge in [0.2, 0.25) is 0 Å². The normalized spacial score (nSPS) is 15.5. The Kier molecular flexibility index (Phi) is 6.16. The highest BCUT2D eigenvalue weighted by Gasteiger charge is 2.26. The van der Waals surface area contributed by atoms with Gasteiger partial charge < -0.3 is 14.8 Å². The smallest absolute Gasteiger partial charge is 0.271 e. The van der Waals surface area contributed by atoms with Gasteiger partial charge in [0.15, 0.2) is 0 Å². The zero-order valence-electron chi connectivity index (χ0n) is 21.9. The van der Waals surface area contributed by atoms with Crippen LogP contribution in [0.15, 0.2) is 48.8 Å². The highest BCUT2D eigenvalue weighted by atomic mass is 16.1. The molecule has 4 heterocycles. The summed E-state index contributed by atoms with van der Waals surface area (Å²) in [6.45, 7) is 9.51. The fourth-order valence-electron chi connectivity index (χ4n) is 6.02. The second-order valence-corrected chi connectivity index (χ2v) is 10.2. The van der Waals surface area contributed by atoms with Crippen molar-refractivity contribution in [3.8, 4) is 5.69 Å². The lowest BCUT2D eigenvalue weighted by Crippen LogP contribution is -2.47. The minimum Gasteiger partial charge on any atom is -0.368 e. The summed E-state index contributed by atoms with van der Waals surface area (Å²) in [6.07, 6.45) is 4.63. The van der Waals surface area contributed by atoms with Crippen molar-refractivity contribution in [1.82, 2.24) is 24.8 Å². The van der Waals surface area contributed by atoms with Crippen molar-refractivity contribution in [3.63, 3.8) is 0 Å². The monoisotopic (exact) mass is 494 g/mol. The molecule has 7 nitrogen and oxygen atoms in total. The molecule has 190 valence electrons. The van der Waals surface area contributed by atoms with Crippen LogP contribution in [-0.2, 0) is 19.3 Å². The number of imidazole rings is 1. The van der Waals surface area contributed by atoms with E-state index in [4.69, 9.17) is 4.98 Å². The quantitative estimate of drug-likeness (QED) is 0.456. The Balaban J connectivity index is 1.15. The van der Waals surface area contributed by atoms with E-state index in [2.05, 4.69) is 74.1 Å². The highest BCUT2D eigenvalue weighted by molar-refractivity contribution is 5.93. The van der Waals surface area contributed by atoms with Crippen LogP contribution in [0, 0.1) is 13.8 Å². The number of carbonyl (C=O) groups excluding carboxylic acids is 1. The third-order valence-corrected chi connectivity index (χ3v) is 8.06. The Labute approximate surface area is 218 Å². The molecule has 0 aliphatic carbocycles. The van der Waals surface area contributed by atoms with Crippen molar-refractivity contribution >= 4 is 22.5 Å². The lowest BCUT2D eigenvalue weighted by atomic mass is 9.90. The summed E-state index contributed by atoms with van der Waals surface area (Å²) >= 11 is 0. The fraction of sp³-hybridized carbons (Fsp3) is 0.367. The van der Waals surface area contributed by atoms with Crippen molar-refractivity contribution in [2.24, 2.45) is 0 Å². The Morgan fingerprint density at radius 1 is 0.973 bits per heavy atom. The average molecular weight is 495 g/mol. The molecular weight excluding hydrogens is 460 g/mol. The molecule has 0 atom stereocenters. The van der Waals surface area contributed by atoms with Gasteiger partial charge in [-0.2, -0.15) is 0 Å². The van der Waals surface area contributed by atoms with Gasteiger partial charge in [0.05, 0.1) is 16.9 Å². The SMILES string of the molecule is CNC(=O)c1ncn2c1CCc1c-2ccc(C)c1CCN1CCN(c2cccc3nc(C)ccc23)CC1. The number of rotatable bonds is 5. The van der Waals surface area contributed by atoms with E-state index in [1.807, 2.05) is 6.92 Å². The number of hydrogen-bond acceptors (Lipinski definition) is 5. The lowest BCUT2D eigenvalue weighted by molar-refractivity contribution is 0.0957. The first kappa shape index (κ1) is 23.7. The Morgan fingerprint density at radius 2 is 1.81 bits per heavy atom. The molecule has 1 fully saturated rings. The van der Waals surface area contributed by atoms with E-state index < -0.39 is 0 Å². The minimum atomic E-state index is -0.112. The first-order valence-electron chi connectivity index (χ1n) is 13.3. The Hall–Kier alpha value is -3.71. The molecule has 0 spiro atoms. The van der Waals surface area contributed by atoms with E-state index in [9.17, 15) is 4.79 Å². The first-order chi connectivity index (χ1) is 18.0. The third kappa shape index (κ3) is 4.27. The summed E-state index contributed by atoms with van der Waals surface area (Å²) in [5.74, 6) is -0.112. The van der Waals surface area contributed by atoms with Crippen LogP contribution in [0.3, 0.4) is 0 Å². The van der Waals surface area contributed by atoms with Crippen molar-refractivity contribution in [1.29, 1.82) is 0 Å². The molecule has 2 aromatic carbocycles. The van der Waals surface area contributed by atoms with E-state index in [-0.39, 0.29) is 5.91 Å². The van der Waals surface area contributed by atoms with Crippen LogP contribution in [-0.4, -0.2) is 65.1 Å². The van der Waals surface area contributed by atoms with Gasteiger partial charge in [-0.25, -0.2) is 4.98 Å². The van der Waals surface area contributed by atoms with Gasteiger partial charge in [-0.1, -0.05) is 12.1 Å². The number of anilines is 1. The highest BCUT2D eigenvalue weighted by Crippen LogP contribution is 2.32. The van der Waals surface area contributed by atoms with E-state index >= 15 is 0 Å². The van der Waals surface area contributed by atoms with Crippen LogP contribution >= 0.6 is 0 Å². The summed E-state index contributed by atoms with van der Waals surface area (Å²) in [6, 6.07) is 15.2. The summed E-state index contributed by atoms with van der Waals surface area (Å²) in [5, 5.41) is 3.96. The van der Waals surface area contributed by atoms with Crippen LogP contribution in [0.25, 0.3) is 16.6 Å². The number of fused-ring (bicyclic) bond motifs is 4. The largest absolute Gasteiger partial charge is 0.368 e. The minimum absolute atomic E-state index is 0.112. The third-order valence-electron chi connectivity index (χ3n) is 8.06. The summed E-state index contributed by atoms with van der Waals surface area (Å²) in [5.41, 5.74) is 10.4. The zero-order valence-corrected chi connectivity index (χ0v) is 21.9. The molecule has 1 saturated heterocycles.